The van der Waals surface area contributed by atoms with E-state index in [0.29, 0.717) is 19.6 Å². The van der Waals surface area contributed by atoms with Gasteiger partial charge in [-0.25, -0.2) is 0 Å². The van der Waals surface area contributed by atoms with Crippen molar-refractivity contribution in [2.24, 2.45) is 0 Å². The fraction of sp³-hybridized carbons (Fsp3) is 0.458. The van der Waals surface area contributed by atoms with Crippen molar-refractivity contribution in [2.75, 3.05) is 31.2 Å². The Morgan fingerprint density at radius 3 is 1.97 bits per heavy atom. The normalized spacial score (nSPS) is 12.9. The van der Waals surface area contributed by atoms with Crippen LogP contribution in [0.4, 0.5) is 5.69 Å². The van der Waals surface area contributed by atoms with Gasteiger partial charge in [0, 0.05) is 13.1 Å². The molecule has 0 aliphatic carbocycles. The van der Waals surface area contributed by atoms with Gasteiger partial charge in [0.05, 0.1) is 18.9 Å². The quantitative estimate of drug-likeness (QED) is 0.569. The van der Waals surface area contributed by atoms with Crippen LogP contribution in [-0.4, -0.2) is 37.4 Å². The van der Waals surface area contributed by atoms with E-state index in [-0.39, 0.29) is 0 Å². The van der Waals surface area contributed by atoms with Gasteiger partial charge in [0.2, 0.25) is 0 Å². The number of hydrogen-bond acceptors (Lipinski definition) is 4. The van der Waals surface area contributed by atoms with Crippen LogP contribution in [0.15, 0.2) is 42.5 Å². The first-order chi connectivity index (χ1) is 14.0. The molecule has 0 aliphatic heterocycles. The van der Waals surface area contributed by atoms with Crippen molar-refractivity contribution in [3.63, 3.8) is 0 Å². The summed E-state index contributed by atoms with van der Waals surface area (Å²) in [5.74, 6) is 0.583. The van der Waals surface area contributed by atoms with Gasteiger partial charge in [-0.1, -0.05) is 25.1 Å². The zero-order valence-corrected chi connectivity index (χ0v) is 18.2. The van der Waals surface area contributed by atoms with Crippen LogP contribution in [0.1, 0.15) is 52.2 Å². The van der Waals surface area contributed by atoms with E-state index in [9.17, 15) is 9.90 Å². The van der Waals surface area contributed by atoms with E-state index < -0.39 is 11.4 Å². The monoisotopic (exact) mass is 399 g/mol. The van der Waals surface area contributed by atoms with Gasteiger partial charge in [-0.2, -0.15) is 0 Å². The van der Waals surface area contributed by atoms with Gasteiger partial charge in [-0.05, 0) is 69.5 Å². The van der Waals surface area contributed by atoms with Gasteiger partial charge < -0.3 is 19.5 Å². The minimum atomic E-state index is -1.15. The number of rotatable bonds is 11. The molecule has 5 nitrogen and oxygen atoms in total. The molecule has 0 radical (unpaired) electrons. The van der Waals surface area contributed by atoms with E-state index in [2.05, 4.69) is 18.7 Å². The predicted molar refractivity (Wildman–Crippen MR) is 117 cm³/mol. The van der Waals surface area contributed by atoms with Crippen molar-refractivity contribution in [3.05, 3.63) is 53.6 Å². The van der Waals surface area contributed by atoms with E-state index in [1.807, 2.05) is 63.2 Å². The first kappa shape index (κ1) is 22.6. The molecule has 0 bridgehead atoms. The lowest BCUT2D eigenvalue weighted by atomic mass is 9.72. The summed E-state index contributed by atoms with van der Waals surface area (Å²) < 4.78 is 11.4. The summed E-state index contributed by atoms with van der Waals surface area (Å²) in [5, 5.41) is 10.3. The molecule has 1 atom stereocenters. The largest absolute Gasteiger partial charge is 0.494 e. The Kier molecular flexibility index (Phi) is 7.94. The second-order valence-electron chi connectivity index (χ2n) is 6.81. The van der Waals surface area contributed by atoms with Gasteiger partial charge in [0.15, 0.2) is 0 Å². The summed E-state index contributed by atoms with van der Waals surface area (Å²) in [6, 6.07) is 13.2. The number of anilines is 1. The maximum atomic E-state index is 12.6. The van der Waals surface area contributed by atoms with Gasteiger partial charge in [-0.15, -0.1) is 0 Å². The second-order valence-corrected chi connectivity index (χ2v) is 6.81. The molecule has 0 fully saturated rings. The highest BCUT2D eigenvalue weighted by atomic mass is 16.5. The lowest BCUT2D eigenvalue weighted by molar-refractivity contribution is -0.142. The number of benzene rings is 2. The van der Waals surface area contributed by atoms with Gasteiger partial charge in [-0.3, -0.25) is 4.79 Å². The topological polar surface area (TPSA) is 59.0 Å². The fourth-order valence-electron chi connectivity index (χ4n) is 3.85. The molecule has 0 aliphatic rings. The Hall–Kier alpha value is -2.69. The van der Waals surface area contributed by atoms with E-state index in [4.69, 9.17) is 9.47 Å². The lowest BCUT2D eigenvalue weighted by Crippen LogP contribution is -2.36. The Morgan fingerprint density at radius 2 is 1.48 bits per heavy atom. The van der Waals surface area contributed by atoms with Crippen molar-refractivity contribution in [1.29, 1.82) is 0 Å². The first-order valence-corrected chi connectivity index (χ1v) is 10.5. The Balaban J connectivity index is 2.62. The molecule has 1 unspecified atom stereocenters. The lowest BCUT2D eigenvalue weighted by Gasteiger charge is -2.31. The molecule has 2 aromatic carbocycles. The third-order valence-electron chi connectivity index (χ3n) is 5.41. The molecule has 0 aromatic heterocycles. The highest BCUT2D eigenvalue weighted by Gasteiger charge is 2.41. The maximum Gasteiger partial charge on any atom is 0.318 e. The van der Waals surface area contributed by atoms with Gasteiger partial charge in [0.1, 0.15) is 16.9 Å². The number of carbonyl (C=O) groups is 1. The molecule has 0 saturated carbocycles. The van der Waals surface area contributed by atoms with Crippen LogP contribution in [0.25, 0.3) is 0 Å². The smallest absolute Gasteiger partial charge is 0.318 e. The third-order valence-corrected chi connectivity index (χ3v) is 5.41. The van der Waals surface area contributed by atoms with Crippen LogP contribution >= 0.6 is 0 Å². The van der Waals surface area contributed by atoms with Crippen molar-refractivity contribution < 1.29 is 19.4 Å². The average Bonchev–Trinajstić information content (AvgIpc) is 2.72. The second kappa shape index (κ2) is 10.2. The Labute approximate surface area is 174 Å². The summed E-state index contributed by atoms with van der Waals surface area (Å²) >= 11 is 0. The van der Waals surface area contributed by atoms with Crippen LogP contribution in [0, 0.1) is 0 Å². The molecular formula is C24H33NO4. The Bertz CT molecular complexity index is 799. The summed E-state index contributed by atoms with van der Waals surface area (Å²) in [5.41, 5.74) is 1.28. The van der Waals surface area contributed by atoms with E-state index in [1.165, 1.54) is 0 Å². The maximum absolute atomic E-state index is 12.6. The molecule has 0 amide bonds. The van der Waals surface area contributed by atoms with E-state index in [0.717, 1.165) is 41.4 Å². The zero-order chi connectivity index (χ0) is 21.4. The van der Waals surface area contributed by atoms with Crippen molar-refractivity contribution in [2.45, 2.75) is 46.5 Å². The molecule has 0 spiro atoms. The Morgan fingerprint density at radius 1 is 0.897 bits per heavy atom. The molecule has 1 N–H and O–H groups in total. The van der Waals surface area contributed by atoms with Crippen LogP contribution in [0.2, 0.25) is 0 Å². The van der Waals surface area contributed by atoms with Gasteiger partial charge >= 0.3 is 5.97 Å². The summed E-state index contributed by atoms with van der Waals surface area (Å²) in [4.78, 5) is 14.8. The number of carboxylic acids is 1. The minimum Gasteiger partial charge on any atom is -0.494 e. The van der Waals surface area contributed by atoms with Crippen molar-refractivity contribution in [3.8, 4) is 11.5 Å². The predicted octanol–water partition coefficient (Wildman–Crippen LogP) is 5.11. The summed E-state index contributed by atoms with van der Waals surface area (Å²) in [6.45, 7) is 12.8. The minimum absolute atomic E-state index is 0.423. The number of carboxylic acid groups (broad SMARTS) is 1. The molecular weight excluding hydrogens is 366 g/mol. The molecule has 0 saturated heterocycles. The van der Waals surface area contributed by atoms with Crippen molar-refractivity contribution >= 4 is 11.7 Å². The van der Waals surface area contributed by atoms with Crippen LogP contribution in [-0.2, 0) is 10.2 Å². The van der Waals surface area contributed by atoms with E-state index >= 15 is 0 Å². The van der Waals surface area contributed by atoms with Crippen LogP contribution < -0.4 is 14.4 Å². The first-order valence-electron chi connectivity index (χ1n) is 10.5. The fourth-order valence-corrected chi connectivity index (χ4v) is 3.85. The molecule has 29 heavy (non-hydrogen) atoms. The summed E-state index contributed by atoms with van der Waals surface area (Å²) in [7, 11) is 0. The molecule has 0 heterocycles. The number of nitrogens with zero attached hydrogens (tertiary/aromatic N) is 1. The average molecular weight is 400 g/mol. The van der Waals surface area contributed by atoms with Crippen LogP contribution in [0.3, 0.4) is 0 Å². The molecule has 2 aromatic rings. The van der Waals surface area contributed by atoms with Crippen LogP contribution in [0.5, 0.6) is 11.5 Å². The van der Waals surface area contributed by atoms with E-state index in [1.54, 1.807) is 0 Å². The standard InChI is InChI=1S/C24H33NO4/c1-6-24(23(26)27,18-11-14-20(15-12-18)28-9-4)19-13-16-21(25(7-2)8-3)22(17-19)29-10-5/h11-17H,6-10H2,1-5H3,(H,26,27). The number of ether oxygens (including phenoxy) is 2. The molecule has 2 rings (SSSR count). The molecule has 5 heteroatoms. The SMILES string of the molecule is CCOc1ccc(C(CC)(C(=O)O)c2ccc(N(CC)CC)c(OCC)c2)cc1. The summed E-state index contributed by atoms with van der Waals surface area (Å²) in [6.07, 6.45) is 0.423. The highest BCUT2D eigenvalue weighted by Crippen LogP contribution is 2.41. The molecule has 158 valence electrons. The van der Waals surface area contributed by atoms with Gasteiger partial charge in [0.25, 0.3) is 0 Å². The highest BCUT2D eigenvalue weighted by molar-refractivity contribution is 5.86. The zero-order valence-electron chi connectivity index (χ0n) is 18.2. The number of aliphatic carboxylic acids is 1. The van der Waals surface area contributed by atoms with Crippen molar-refractivity contribution in [1.82, 2.24) is 0 Å². The third kappa shape index (κ3) is 4.50. The number of hydrogen-bond donors (Lipinski definition) is 1.